The first kappa shape index (κ1) is 24.6. The molecule has 4 rings (SSSR count). The van der Waals surface area contributed by atoms with Crippen LogP contribution in [0, 0.1) is 17.6 Å². The van der Waals surface area contributed by atoms with Crippen LogP contribution in [0.1, 0.15) is 35.7 Å². The van der Waals surface area contributed by atoms with E-state index in [1.165, 1.54) is 42.6 Å². The molecule has 0 radical (unpaired) electrons. The van der Waals surface area contributed by atoms with Crippen molar-refractivity contribution in [1.82, 2.24) is 20.1 Å². The fraction of sp³-hybridized carbons (Fsp3) is 0.333. The van der Waals surface area contributed by atoms with Gasteiger partial charge < -0.3 is 10.1 Å². The number of carbonyl (C=O) groups excluding carboxylic acids is 2. The number of anilines is 1. The topological polar surface area (TPSA) is 89.3 Å². The lowest BCUT2D eigenvalue weighted by atomic mass is 9.92. The van der Waals surface area contributed by atoms with Crippen LogP contribution in [0.25, 0.3) is 0 Å². The van der Waals surface area contributed by atoms with Gasteiger partial charge >= 0.3 is 0 Å². The van der Waals surface area contributed by atoms with Crippen molar-refractivity contribution >= 4 is 29.4 Å². The van der Waals surface area contributed by atoms with Gasteiger partial charge in [0.15, 0.2) is 0 Å². The molecule has 3 aromatic rings. The minimum atomic E-state index is -1.26. The molecule has 184 valence electrons. The highest BCUT2D eigenvalue weighted by Gasteiger charge is 2.46. The SMILES string of the molecule is COc1cc(F)c([C@@H]2CN(c3ncn(CC(C)C)n3)C(=O)[C@H]2NC(=O)c2ccc(Cl)cc2)c(F)c1. The summed E-state index contributed by atoms with van der Waals surface area (Å²) < 4.78 is 36.6. The van der Waals surface area contributed by atoms with Gasteiger partial charge in [-0.05, 0) is 30.2 Å². The quantitative estimate of drug-likeness (QED) is 0.529. The van der Waals surface area contributed by atoms with Crippen LogP contribution >= 0.6 is 11.6 Å². The van der Waals surface area contributed by atoms with Gasteiger partial charge in [0.25, 0.3) is 17.8 Å². The molecule has 1 aromatic heterocycles. The highest BCUT2D eigenvalue weighted by atomic mass is 35.5. The lowest BCUT2D eigenvalue weighted by molar-refractivity contribution is -0.118. The largest absolute Gasteiger partial charge is 0.497 e. The Hall–Kier alpha value is -3.53. The third-order valence-corrected chi connectivity index (χ3v) is 5.94. The molecule has 2 heterocycles. The summed E-state index contributed by atoms with van der Waals surface area (Å²) >= 11 is 5.89. The van der Waals surface area contributed by atoms with Gasteiger partial charge in [0.05, 0.1) is 7.11 Å². The molecule has 1 fully saturated rings. The van der Waals surface area contributed by atoms with Gasteiger partial charge in [0.1, 0.15) is 29.8 Å². The van der Waals surface area contributed by atoms with E-state index in [4.69, 9.17) is 16.3 Å². The smallest absolute Gasteiger partial charge is 0.252 e. The average Bonchev–Trinajstić information content (AvgIpc) is 3.38. The zero-order chi connectivity index (χ0) is 25.3. The van der Waals surface area contributed by atoms with Crippen LogP contribution in [0.3, 0.4) is 0 Å². The zero-order valence-electron chi connectivity index (χ0n) is 19.3. The number of hydrogen-bond donors (Lipinski definition) is 1. The second kappa shape index (κ2) is 9.99. The first-order valence-corrected chi connectivity index (χ1v) is 11.4. The van der Waals surface area contributed by atoms with Crippen LogP contribution in [-0.4, -0.2) is 46.3 Å². The van der Waals surface area contributed by atoms with Crippen LogP contribution in [0.15, 0.2) is 42.7 Å². The Kier molecular flexibility index (Phi) is 7.02. The summed E-state index contributed by atoms with van der Waals surface area (Å²) in [5.74, 6) is -3.58. The molecule has 0 saturated carbocycles. The summed E-state index contributed by atoms with van der Waals surface area (Å²) in [4.78, 5) is 31.8. The maximum atomic E-state index is 15.0. The molecule has 11 heteroatoms. The number of rotatable bonds is 7. The molecule has 1 aliphatic heterocycles. The predicted octanol–water partition coefficient (Wildman–Crippen LogP) is 3.80. The third-order valence-electron chi connectivity index (χ3n) is 5.68. The van der Waals surface area contributed by atoms with Crippen molar-refractivity contribution in [3.8, 4) is 5.75 Å². The van der Waals surface area contributed by atoms with Crippen LogP contribution in [0.5, 0.6) is 5.75 Å². The molecule has 2 aromatic carbocycles. The van der Waals surface area contributed by atoms with Crippen molar-refractivity contribution in [2.75, 3.05) is 18.6 Å². The monoisotopic (exact) mass is 503 g/mol. The van der Waals surface area contributed by atoms with Crippen molar-refractivity contribution in [1.29, 1.82) is 0 Å². The van der Waals surface area contributed by atoms with Gasteiger partial charge in [-0.25, -0.2) is 13.8 Å². The van der Waals surface area contributed by atoms with Crippen molar-refractivity contribution < 1.29 is 23.1 Å². The Balaban J connectivity index is 1.70. The van der Waals surface area contributed by atoms with E-state index in [0.717, 1.165) is 12.1 Å². The molecular formula is C24H24ClF2N5O3. The molecule has 2 atom stereocenters. The normalized spacial score (nSPS) is 17.8. The van der Waals surface area contributed by atoms with Crippen LogP contribution in [-0.2, 0) is 11.3 Å². The Labute approximate surface area is 205 Å². The van der Waals surface area contributed by atoms with Gasteiger partial charge in [-0.2, -0.15) is 0 Å². The molecular weight excluding hydrogens is 480 g/mol. The number of carbonyl (C=O) groups is 2. The van der Waals surface area contributed by atoms with E-state index in [0.29, 0.717) is 17.5 Å². The van der Waals surface area contributed by atoms with Crippen molar-refractivity contribution in [3.05, 3.63) is 70.5 Å². The predicted molar refractivity (Wildman–Crippen MR) is 126 cm³/mol. The third kappa shape index (κ3) is 5.12. The van der Waals surface area contributed by atoms with E-state index in [1.54, 1.807) is 4.68 Å². The second-order valence-electron chi connectivity index (χ2n) is 8.68. The average molecular weight is 504 g/mol. The van der Waals surface area contributed by atoms with Gasteiger partial charge in [-0.1, -0.05) is 25.4 Å². The first-order valence-electron chi connectivity index (χ1n) is 11.0. The fourth-order valence-corrected chi connectivity index (χ4v) is 4.19. The van der Waals surface area contributed by atoms with Crippen molar-refractivity contribution in [2.24, 2.45) is 5.92 Å². The lowest BCUT2D eigenvalue weighted by Gasteiger charge is -2.20. The first-order chi connectivity index (χ1) is 16.7. The zero-order valence-corrected chi connectivity index (χ0v) is 20.1. The van der Waals surface area contributed by atoms with Crippen molar-refractivity contribution in [2.45, 2.75) is 32.4 Å². The molecule has 0 aliphatic carbocycles. The number of ether oxygens (including phenoxy) is 1. The fourth-order valence-electron chi connectivity index (χ4n) is 4.06. The summed E-state index contributed by atoms with van der Waals surface area (Å²) in [5, 5.41) is 7.41. The summed E-state index contributed by atoms with van der Waals surface area (Å²) in [6.45, 7) is 4.47. The van der Waals surface area contributed by atoms with Gasteiger partial charge in [-0.3, -0.25) is 19.2 Å². The molecule has 0 spiro atoms. The summed E-state index contributed by atoms with van der Waals surface area (Å²) in [7, 11) is 1.29. The molecule has 2 amide bonds. The number of nitrogens with zero attached hydrogens (tertiary/aromatic N) is 4. The number of aromatic nitrogens is 3. The number of amides is 2. The van der Waals surface area contributed by atoms with E-state index in [2.05, 4.69) is 15.4 Å². The minimum Gasteiger partial charge on any atom is -0.497 e. The van der Waals surface area contributed by atoms with Crippen LogP contribution < -0.4 is 15.0 Å². The summed E-state index contributed by atoms with van der Waals surface area (Å²) in [5.41, 5.74) is -0.0842. The van der Waals surface area contributed by atoms with Crippen LogP contribution in [0.2, 0.25) is 5.02 Å². The van der Waals surface area contributed by atoms with Crippen molar-refractivity contribution in [3.63, 3.8) is 0 Å². The highest BCUT2D eigenvalue weighted by Crippen LogP contribution is 2.35. The molecule has 1 N–H and O–H groups in total. The van der Waals surface area contributed by atoms with Gasteiger partial charge in [-0.15, -0.1) is 5.10 Å². The van der Waals surface area contributed by atoms with E-state index in [-0.39, 0.29) is 29.4 Å². The number of nitrogens with one attached hydrogen (secondary N) is 1. The van der Waals surface area contributed by atoms with Gasteiger partial charge in [0.2, 0.25) is 0 Å². The molecule has 35 heavy (non-hydrogen) atoms. The number of hydrogen-bond acceptors (Lipinski definition) is 5. The highest BCUT2D eigenvalue weighted by molar-refractivity contribution is 6.30. The molecule has 8 nitrogen and oxygen atoms in total. The van der Waals surface area contributed by atoms with E-state index >= 15 is 8.78 Å². The molecule has 1 aliphatic rings. The number of benzene rings is 2. The van der Waals surface area contributed by atoms with E-state index in [1.807, 2.05) is 13.8 Å². The second-order valence-corrected chi connectivity index (χ2v) is 9.11. The molecule has 1 saturated heterocycles. The Morgan fingerprint density at radius 1 is 1.23 bits per heavy atom. The minimum absolute atomic E-state index is 0.000717. The molecule has 0 unspecified atom stereocenters. The summed E-state index contributed by atoms with van der Waals surface area (Å²) in [6.07, 6.45) is 1.49. The Bertz CT molecular complexity index is 1230. The summed E-state index contributed by atoms with van der Waals surface area (Å²) in [6, 6.07) is 6.88. The maximum absolute atomic E-state index is 15.0. The van der Waals surface area contributed by atoms with E-state index in [9.17, 15) is 9.59 Å². The van der Waals surface area contributed by atoms with Crippen LogP contribution in [0.4, 0.5) is 14.7 Å². The van der Waals surface area contributed by atoms with Gasteiger partial charge in [0, 0.05) is 47.3 Å². The molecule has 0 bridgehead atoms. The standard InChI is InChI=1S/C24H24ClF2N5O3/c1-13(2)10-31-12-28-24(30-31)32-11-17(20-18(26)8-16(35-3)9-19(20)27)21(23(32)34)29-22(33)14-4-6-15(25)7-5-14/h4-9,12-13,17,21H,10-11H2,1-3H3,(H,29,33)/t17-,21-/m0/s1. The lowest BCUT2D eigenvalue weighted by Crippen LogP contribution is -2.44. The number of halogens is 3. The van der Waals surface area contributed by atoms with E-state index < -0.39 is 35.4 Å². The maximum Gasteiger partial charge on any atom is 0.252 e. The number of methoxy groups -OCH3 is 1. The Morgan fingerprint density at radius 2 is 1.89 bits per heavy atom. The Morgan fingerprint density at radius 3 is 2.49 bits per heavy atom.